The number of ether oxygens (including phenoxy) is 2. The first-order chi connectivity index (χ1) is 13.7. The van der Waals surface area contributed by atoms with Crippen molar-refractivity contribution in [2.24, 2.45) is 0 Å². The second kappa shape index (κ2) is 9.92. The minimum absolute atomic E-state index is 0.195. The first-order valence-electron chi connectivity index (χ1n) is 8.95. The average molecular weight is 420 g/mol. The Labute approximate surface area is 170 Å². The predicted molar refractivity (Wildman–Crippen MR) is 108 cm³/mol. The fraction of sp³-hybridized carbons (Fsp3) is 0.300. The quantitative estimate of drug-likeness (QED) is 0.622. The van der Waals surface area contributed by atoms with Crippen LogP contribution in [0.3, 0.4) is 0 Å². The maximum atomic E-state index is 12.7. The smallest absolute Gasteiger partial charge is 0.344 e. The van der Waals surface area contributed by atoms with Crippen molar-refractivity contribution in [1.29, 1.82) is 0 Å². The van der Waals surface area contributed by atoms with Crippen molar-refractivity contribution in [3.8, 4) is 5.75 Å². The summed E-state index contributed by atoms with van der Waals surface area (Å²) in [7, 11) is -2.23. The molecule has 0 saturated heterocycles. The number of carbonyl (C=O) groups excluding carboxylic acids is 2. The SMILES string of the molecule is CCNC(=O)COC(=O)COc1ccc(N(C)S(=O)(=O)c2ccc(C)cc2)cc1. The fourth-order valence-corrected chi connectivity index (χ4v) is 3.53. The van der Waals surface area contributed by atoms with Gasteiger partial charge in [-0.25, -0.2) is 13.2 Å². The van der Waals surface area contributed by atoms with Crippen molar-refractivity contribution >= 4 is 27.6 Å². The molecule has 2 aromatic carbocycles. The average Bonchev–Trinajstić information content (AvgIpc) is 2.71. The van der Waals surface area contributed by atoms with Gasteiger partial charge in [0.05, 0.1) is 10.6 Å². The van der Waals surface area contributed by atoms with Gasteiger partial charge in [0.1, 0.15) is 5.75 Å². The molecule has 29 heavy (non-hydrogen) atoms. The third-order valence-corrected chi connectivity index (χ3v) is 5.77. The van der Waals surface area contributed by atoms with Gasteiger partial charge in [0, 0.05) is 13.6 Å². The number of esters is 1. The number of nitrogens with zero attached hydrogens (tertiary/aromatic N) is 1. The summed E-state index contributed by atoms with van der Waals surface area (Å²) >= 11 is 0. The first kappa shape index (κ1) is 22.2. The van der Waals surface area contributed by atoms with Crippen LogP contribution in [0.2, 0.25) is 0 Å². The summed E-state index contributed by atoms with van der Waals surface area (Å²) in [5, 5.41) is 2.51. The highest BCUT2D eigenvalue weighted by Gasteiger charge is 2.21. The molecule has 0 heterocycles. The van der Waals surface area contributed by atoms with Crippen LogP contribution in [0.1, 0.15) is 12.5 Å². The van der Waals surface area contributed by atoms with E-state index in [1.54, 1.807) is 55.5 Å². The van der Waals surface area contributed by atoms with Crippen molar-refractivity contribution in [2.45, 2.75) is 18.7 Å². The topological polar surface area (TPSA) is 102 Å². The summed E-state index contributed by atoms with van der Waals surface area (Å²) < 4.78 is 36.7. The Kier molecular flexibility index (Phi) is 7.60. The van der Waals surface area contributed by atoms with Gasteiger partial charge in [-0.3, -0.25) is 9.10 Å². The Balaban J connectivity index is 1.94. The zero-order chi connectivity index (χ0) is 21.4. The van der Waals surface area contributed by atoms with Crippen LogP contribution in [0.15, 0.2) is 53.4 Å². The zero-order valence-corrected chi connectivity index (χ0v) is 17.4. The van der Waals surface area contributed by atoms with Crippen LogP contribution in [-0.4, -0.2) is 47.1 Å². The lowest BCUT2D eigenvalue weighted by molar-refractivity contribution is -0.150. The van der Waals surface area contributed by atoms with E-state index in [1.165, 1.54) is 11.4 Å². The van der Waals surface area contributed by atoms with E-state index in [4.69, 9.17) is 9.47 Å². The minimum atomic E-state index is -3.69. The van der Waals surface area contributed by atoms with Gasteiger partial charge in [-0.05, 0) is 50.2 Å². The molecule has 0 aliphatic rings. The molecule has 1 amide bonds. The number of hydrogen-bond acceptors (Lipinski definition) is 6. The largest absolute Gasteiger partial charge is 0.482 e. The number of hydrogen-bond donors (Lipinski definition) is 1. The lowest BCUT2D eigenvalue weighted by atomic mass is 10.2. The van der Waals surface area contributed by atoms with Crippen LogP contribution >= 0.6 is 0 Å². The normalized spacial score (nSPS) is 10.9. The summed E-state index contributed by atoms with van der Waals surface area (Å²) in [6, 6.07) is 12.8. The molecule has 0 bridgehead atoms. The maximum absolute atomic E-state index is 12.7. The monoisotopic (exact) mass is 420 g/mol. The number of nitrogens with one attached hydrogen (secondary N) is 1. The standard InChI is InChI=1S/C20H24N2O6S/c1-4-21-19(23)13-28-20(24)14-27-17-9-7-16(8-10-17)22(3)29(25,26)18-11-5-15(2)6-12-18/h5-12H,4,13-14H2,1-3H3,(H,21,23). The minimum Gasteiger partial charge on any atom is -0.482 e. The van der Waals surface area contributed by atoms with Crippen molar-refractivity contribution in [2.75, 3.05) is 31.1 Å². The molecule has 0 radical (unpaired) electrons. The van der Waals surface area contributed by atoms with Crippen LogP contribution in [0, 0.1) is 6.92 Å². The number of sulfonamides is 1. The van der Waals surface area contributed by atoms with Crippen molar-refractivity contribution in [3.05, 3.63) is 54.1 Å². The van der Waals surface area contributed by atoms with Gasteiger partial charge in [0.25, 0.3) is 15.9 Å². The number of likely N-dealkylation sites (N-methyl/N-ethyl adjacent to an activating group) is 1. The summed E-state index contributed by atoms with van der Waals surface area (Å²) in [5.41, 5.74) is 1.41. The molecule has 0 aliphatic heterocycles. The Morgan fingerprint density at radius 2 is 1.62 bits per heavy atom. The van der Waals surface area contributed by atoms with Crippen LogP contribution < -0.4 is 14.4 Å². The molecule has 0 spiro atoms. The summed E-state index contributed by atoms with van der Waals surface area (Å²) in [6.45, 7) is 3.37. The molecule has 9 heteroatoms. The predicted octanol–water partition coefficient (Wildman–Crippen LogP) is 1.88. The van der Waals surface area contributed by atoms with E-state index in [1.807, 2.05) is 6.92 Å². The highest BCUT2D eigenvalue weighted by molar-refractivity contribution is 7.92. The van der Waals surface area contributed by atoms with Gasteiger partial charge in [-0.2, -0.15) is 0 Å². The number of benzene rings is 2. The summed E-state index contributed by atoms with van der Waals surface area (Å²) in [6.07, 6.45) is 0. The molecule has 8 nitrogen and oxygen atoms in total. The fourth-order valence-electron chi connectivity index (χ4n) is 2.34. The number of aryl methyl sites for hydroxylation is 1. The third kappa shape index (κ3) is 6.21. The van der Waals surface area contributed by atoms with E-state index < -0.39 is 16.0 Å². The maximum Gasteiger partial charge on any atom is 0.344 e. The molecule has 2 rings (SSSR count). The Hall–Kier alpha value is -3.07. The van der Waals surface area contributed by atoms with Crippen LogP contribution in [-0.2, 0) is 24.3 Å². The zero-order valence-electron chi connectivity index (χ0n) is 16.5. The molecule has 0 unspecified atom stereocenters. The molecular formula is C20H24N2O6S. The van der Waals surface area contributed by atoms with Crippen LogP contribution in [0.25, 0.3) is 0 Å². The lowest BCUT2D eigenvalue weighted by Crippen LogP contribution is -2.29. The highest BCUT2D eigenvalue weighted by Crippen LogP contribution is 2.24. The molecule has 0 aromatic heterocycles. The molecule has 0 fully saturated rings. The van der Waals surface area contributed by atoms with Gasteiger partial charge in [0.15, 0.2) is 13.2 Å². The highest BCUT2D eigenvalue weighted by atomic mass is 32.2. The molecular weight excluding hydrogens is 396 g/mol. The van der Waals surface area contributed by atoms with E-state index in [0.717, 1.165) is 5.56 Å². The van der Waals surface area contributed by atoms with Gasteiger partial charge in [0.2, 0.25) is 0 Å². The van der Waals surface area contributed by atoms with Crippen molar-refractivity contribution in [1.82, 2.24) is 5.32 Å². The van der Waals surface area contributed by atoms with Crippen LogP contribution in [0.5, 0.6) is 5.75 Å². The summed E-state index contributed by atoms with van der Waals surface area (Å²) in [5.74, 6) is -0.702. The van der Waals surface area contributed by atoms with Gasteiger partial charge in [-0.15, -0.1) is 0 Å². The summed E-state index contributed by atoms with van der Waals surface area (Å²) in [4.78, 5) is 23.0. The van der Waals surface area contributed by atoms with Crippen molar-refractivity contribution < 1.29 is 27.5 Å². The van der Waals surface area contributed by atoms with E-state index in [9.17, 15) is 18.0 Å². The molecule has 156 valence electrons. The van der Waals surface area contributed by atoms with E-state index in [0.29, 0.717) is 18.0 Å². The van der Waals surface area contributed by atoms with E-state index in [-0.39, 0.29) is 24.0 Å². The number of amides is 1. The van der Waals surface area contributed by atoms with E-state index >= 15 is 0 Å². The van der Waals surface area contributed by atoms with E-state index in [2.05, 4.69) is 5.32 Å². The Bertz CT molecular complexity index is 940. The van der Waals surface area contributed by atoms with Crippen molar-refractivity contribution in [3.63, 3.8) is 0 Å². The van der Waals surface area contributed by atoms with Gasteiger partial charge in [-0.1, -0.05) is 17.7 Å². The lowest BCUT2D eigenvalue weighted by Gasteiger charge is -2.20. The Morgan fingerprint density at radius 1 is 1.00 bits per heavy atom. The second-order valence-electron chi connectivity index (χ2n) is 6.18. The van der Waals surface area contributed by atoms with Crippen LogP contribution in [0.4, 0.5) is 5.69 Å². The number of carbonyl (C=O) groups is 2. The number of anilines is 1. The first-order valence-corrected chi connectivity index (χ1v) is 10.4. The third-order valence-electron chi connectivity index (χ3n) is 3.97. The molecule has 1 N–H and O–H groups in total. The molecule has 0 atom stereocenters. The van der Waals surface area contributed by atoms with Gasteiger partial charge < -0.3 is 14.8 Å². The van der Waals surface area contributed by atoms with Gasteiger partial charge >= 0.3 is 5.97 Å². The molecule has 2 aromatic rings. The Morgan fingerprint density at radius 3 is 2.21 bits per heavy atom. The molecule has 0 saturated carbocycles. The second-order valence-corrected chi connectivity index (χ2v) is 8.15. The number of rotatable bonds is 9. The molecule has 0 aliphatic carbocycles.